The normalized spacial score (nSPS) is 12.9. The first-order valence-corrected chi connectivity index (χ1v) is 5.61. The lowest BCUT2D eigenvalue weighted by Gasteiger charge is -2.23. The van der Waals surface area contributed by atoms with E-state index in [9.17, 15) is 4.79 Å². The molecule has 3 aliphatic rings. The average Bonchev–Trinajstić information content (AvgIpc) is 2.75. The molecular formula is C13H14N2O2. The van der Waals surface area contributed by atoms with Gasteiger partial charge in [-0.05, 0) is 31.5 Å². The van der Waals surface area contributed by atoms with Gasteiger partial charge in [0.2, 0.25) is 0 Å². The predicted molar refractivity (Wildman–Crippen MR) is 65.0 cm³/mol. The number of amides is 1. The molecule has 1 aliphatic heterocycles. The molecule has 0 saturated heterocycles. The smallest absolute Gasteiger partial charge is 0.252 e. The standard InChI is InChI=1S/C13H14N2O2/c1-13(2,6-16)15-12(17)8-4-3-7-9(8)5-10-11(7)14-10/h3-5,14,16H,6H2,1-2H3,(H,15,17). The number of rotatable bonds is 3. The Morgan fingerprint density at radius 3 is 2.88 bits per heavy atom. The van der Waals surface area contributed by atoms with Gasteiger partial charge in [-0.3, -0.25) is 4.79 Å². The van der Waals surface area contributed by atoms with Crippen LogP contribution in [0.25, 0.3) is 22.5 Å². The second-order valence-electron chi connectivity index (χ2n) is 5.13. The van der Waals surface area contributed by atoms with Gasteiger partial charge in [0.15, 0.2) is 0 Å². The summed E-state index contributed by atoms with van der Waals surface area (Å²) >= 11 is 0. The van der Waals surface area contributed by atoms with E-state index in [2.05, 4.69) is 10.3 Å². The first-order chi connectivity index (χ1) is 8.02. The third kappa shape index (κ3) is 1.52. The molecule has 88 valence electrons. The zero-order valence-corrected chi connectivity index (χ0v) is 9.79. The lowest BCUT2D eigenvalue weighted by Crippen LogP contribution is -2.46. The first kappa shape index (κ1) is 10.4. The fraction of sp³-hybridized carbons (Fsp3) is 0.308. The third-order valence-electron chi connectivity index (χ3n) is 3.11. The Hall–Kier alpha value is -1.81. The molecule has 1 heterocycles. The van der Waals surface area contributed by atoms with Crippen LogP contribution in [0.5, 0.6) is 0 Å². The lowest BCUT2D eigenvalue weighted by molar-refractivity contribution is 0.0870. The topological polar surface area (TPSA) is 65.1 Å². The summed E-state index contributed by atoms with van der Waals surface area (Å²) in [5.41, 5.74) is 4.43. The molecule has 0 atom stereocenters. The Morgan fingerprint density at radius 1 is 1.41 bits per heavy atom. The number of aromatic nitrogens is 1. The van der Waals surface area contributed by atoms with Crippen molar-refractivity contribution in [2.45, 2.75) is 19.4 Å². The maximum absolute atomic E-state index is 12.1. The number of carbonyl (C=O) groups is 1. The maximum atomic E-state index is 12.1. The minimum atomic E-state index is -0.596. The lowest BCUT2D eigenvalue weighted by atomic mass is 10.1. The van der Waals surface area contributed by atoms with Crippen LogP contribution in [0.15, 0.2) is 18.2 Å². The van der Waals surface area contributed by atoms with Gasteiger partial charge >= 0.3 is 0 Å². The van der Waals surface area contributed by atoms with Crippen LogP contribution in [0.1, 0.15) is 24.2 Å². The van der Waals surface area contributed by atoms with Gasteiger partial charge in [0.1, 0.15) is 0 Å². The van der Waals surface area contributed by atoms with Crippen LogP contribution in [0.4, 0.5) is 0 Å². The van der Waals surface area contributed by atoms with Gasteiger partial charge in [-0.25, -0.2) is 0 Å². The molecule has 17 heavy (non-hydrogen) atoms. The summed E-state index contributed by atoms with van der Waals surface area (Å²) in [5, 5.41) is 12.0. The molecule has 1 amide bonds. The molecule has 0 radical (unpaired) electrons. The number of fused-ring (bicyclic) bond motifs is 3. The van der Waals surface area contributed by atoms with Crippen molar-refractivity contribution in [3.05, 3.63) is 23.8 Å². The number of pyridine rings is 1. The quantitative estimate of drug-likeness (QED) is 0.640. The van der Waals surface area contributed by atoms with Crippen molar-refractivity contribution in [3.63, 3.8) is 0 Å². The van der Waals surface area contributed by atoms with Crippen molar-refractivity contribution in [1.82, 2.24) is 10.3 Å². The van der Waals surface area contributed by atoms with Gasteiger partial charge in [0, 0.05) is 11.1 Å². The highest BCUT2D eigenvalue weighted by molar-refractivity contribution is 6.07. The van der Waals surface area contributed by atoms with Crippen LogP contribution in [0.2, 0.25) is 0 Å². The summed E-state index contributed by atoms with van der Waals surface area (Å²) in [4.78, 5) is 15.2. The fourth-order valence-corrected chi connectivity index (χ4v) is 2.05. The second kappa shape index (κ2) is 3.11. The molecular weight excluding hydrogens is 216 g/mol. The highest BCUT2D eigenvalue weighted by Crippen LogP contribution is 2.45. The van der Waals surface area contributed by atoms with Crippen molar-refractivity contribution < 1.29 is 9.90 Å². The van der Waals surface area contributed by atoms with Crippen LogP contribution in [0.3, 0.4) is 0 Å². The summed E-state index contributed by atoms with van der Waals surface area (Å²) in [7, 11) is 0. The number of aliphatic hydroxyl groups excluding tert-OH is 1. The second-order valence-corrected chi connectivity index (χ2v) is 5.13. The molecule has 3 rings (SSSR count). The van der Waals surface area contributed by atoms with Gasteiger partial charge in [0.25, 0.3) is 5.91 Å². The molecule has 4 heteroatoms. The monoisotopic (exact) mass is 230 g/mol. The van der Waals surface area contributed by atoms with Crippen molar-refractivity contribution in [3.8, 4) is 22.5 Å². The summed E-state index contributed by atoms with van der Waals surface area (Å²) < 4.78 is 0. The molecule has 0 fully saturated rings. The van der Waals surface area contributed by atoms with E-state index in [1.165, 1.54) is 0 Å². The molecule has 0 saturated carbocycles. The zero-order chi connectivity index (χ0) is 12.2. The average molecular weight is 230 g/mol. The Kier molecular flexibility index (Phi) is 1.89. The van der Waals surface area contributed by atoms with Crippen LogP contribution >= 0.6 is 0 Å². The largest absolute Gasteiger partial charge is 0.394 e. The molecule has 4 nitrogen and oxygen atoms in total. The minimum absolute atomic E-state index is 0.0817. The predicted octanol–water partition coefficient (Wildman–Crippen LogP) is 1.60. The summed E-state index contributed by atoms with van der Waals surface area (Å²) in [6, 6.07) is 5.77. The van der Waals surface area contributed by atoms with Crippen LogP contribution in [-0.2, 0) is 0 Å². The Bertz CT molecular complexity index is 583. The number of aromatic amines is 1. The maximum Gasteiger partial charge on any atom is 0.252 e. The molecule has 3 N–H and O–H groups in total. The van der Waals surface area contributed by atoms with E-state index < -0.39 is 5.54 Å². The molecule has 0 aromatic heterocycles. The van der Waals surface area contributed by atoms with E-state index in [1.807, 2.05) is 18.2 Å². The number of H-pyrrole nitrogens is 1. The first-order valence-electron chi connectivity index (χ1n) is 5.61. The van der Waals surface area contributed by atoms with E-state index >= 15 is 0 Å². The SMILES string of the molecule is CC(C)(CO)NC(=O)c1ccc2c3[nH]c-3cc1-2. The van der Waals surface area contributed by atoms with Gasteiger partial charge < -0.3 is 15.4 Å². The van der Waals surface area contributed by atoms with Gasteiger partial charge in [-0.1, -0.05) is 6.07 Å². The Labute approximate surface area is 99.0 Å². The van der Waals surface area contributed by atoms with Crippen LogP contribution in [-0.4, -0.2) is 28.1 Å². The van der Waals surface area contributed by atoms with Gasteiger partial charge in [-0.2, -0.15) is 0 Å². The van der Waals surface area contributed by atoms with Crippen molar-refractivity contribution in [2.24, 2.45) is 0 Å². The number of hydrogen-bond donors (Lipinski definition) is 3. The molecule has 0 bridgehead atoms. The minimum Gasteiger partial charge on any atom is -0.394 e. The molecule has 2 aliphatic carbocycles. The molecule has 0 unspecified atom stereocenters. The number of hydrogen-bond acceptors (Lipinski definition) is 2. The molecule has 0 aromatic rings. The van der Waals surface area contributed by atoms with E-state index in [-0.39, 0.29) is 12.5 Å². The summed E-state index contributed by atoms with van der Waals surface area (Å²) in [6.45, 7) is 3.50. The van der Waals surface area contributed by atoms with E-state index in [0.717, 1.165) is 22.5 Å². The number of nitrogens with one attached hydrogen (secondary N) is 2. The highest BCUT2D eigenvalue weighted by Gasteiger charge is 2.29. The Balaban J connectivity index is 1.89. The highest BCUT2D eigenvalue weighted by atomic mass is 16.3. The van der Waals surface area contributed by atoms with Crippen molar-refractivity contribution >= 4 is 5.91 Å². The van der Waals surface area contributed by atoms with E-state index in [4.69, 9.17) is 5.11 Å². The van der Waals surface area contributed by atoms with E-state index in [0.29, 0.717) is 5.56 Å². The van der Waals surface area contributed by atoms with E-state index in [1.54, 1.807) is 13.8 Å². The van der Waals surface area contributed by atoms with Gasteiger partial charge in [0.05, 0.1) is 23.5 Å². The Morgan fingerprint density at radius 2 is 2.18 bits per heavy atom. The van der Waals surface area contributed by atoms with Gasteiger partial charge in [-0.15, -0.1) is 0 Å². The fourth-order valence-electron chi connectivity index (χ4n) is 2.05. The molecule has 0 spiro atoms. The van der Waals surface area contributed by atoms with Crippen LogP contribution < -0.4 is 5.32 Å². The zero-order valence-electron chi connectivity index (χ0n) is 9.79. The third-order valence-corrected chi connectivity index (χ3v) is 3.11. The van der Waals surface area contributed by atoms with Crippen LogP contribution in [0, 0.1) is 0 Å². The summed E-state index contributed by atoms with van der Waals surface area (Å²) in [6.07, 6.45) is 0. The summed E-state index contributed by atoms with van der Waals surface area (Å²) in [5.74, 6) is -0.135. The number of carbonyl (C=O) groups excluding carboxylic acids is 1. The molecule has 0 aromatic carbocycles. The number of aliphatic hydroxyl groups is 1. The van der Waals surface area contributed by atoms with Crippen molar-refractivity contribution in [1.29, 1.82) is 0 Å². The van der Waals surface area contributed by atoms with Crippen molar-refractivity contribution in [2.75, 3.05) is 6.61 Å².